The van der Waals surface area contributed by atoms with Crippen LogP contribution in [-0.2, 0) is 0 Å². The van der Waals surface area contributed by atoms with Gasteiger partial charge in [-0.25, -0.2) is 5.43 Å². The van der Waals surface area contributed by atoms with Gasteiger partial charge in [0, 0.05) is 4.47 Å². The molecule has 0 atom stereocenters. The molecular formula is C12H8Br2N2O3. The van der Waals surface area contributed by atoms with Gasteiger partial charge in [-0.15, -0.1) is 0 Å². The summed E-state index contributed by atoms with van der Waals surface area (Å²) in [6, 6.07) is 6.54. The summed E-state index contributed by atoms with van der Waals surface area (Å²) in [5.74, 6) is -0.156. The summed E-state index contributed by atoms with van der Waals surface area (Å²) in [4.78, 5) is 11.8. The van der Waals surface area contributed by atoms with Crippen LogP contribution in [0.15, 0.2) is 49.0 Å². The Bertz CT molecular complexity index is 624. The van der Waals surface area contributed by atoms with Crippen LogP contribution < -0.4 is 5.43 Å². The van der Waals surface area contributed by atoms with E-state index in [1.54, 1.807) is 18.2 Å². The lowest BCUT2D eigenvalue weighted by atomic mass is 10.2. The highest BCUT2D eigenvalue weighted by atomic mass is 79.9. The Labute approximate surface area is 125 Å². The standard InChI is InChI=1S/C12H8Br2N2O3/c13-7-4-9(11(17)10(14)5-7)12(18)16-15-6-8-2-1-3-19-8/h1-6,17H,(H,16,18). The normalized spacial score (nSPS) is 10.8. The van der Waals surface area contributed by atoms with Crippen molar-refractivity contribution < 1.29 is 14.3 Å². The van der Waals surface area contributed by atoms with Gasteiger partial charge < -0.3 is 9.52 Å². The number of halogens is 2. The fourth-order valence-electron chi connectivity index (χ4n) is 1.32. The smallest absolute Gasteiger partial charge is 0.275 e. The first-order chi connectivity index (χ1) is 9.08. The van der Waals surface area contributed by atoms with Crippen molar-refractivity contribution >= 4 is 44.0 Å². The van der Waals surface area contributed by atoms with Gasteiger partial charge in [0.1, 0.15) is 11.5 Å². The number of carbonyl (C=O) groups excluding carboxylic acids is 1. The van der Waals surface area contributed by atoms with Gasteiger partial charge in [0.2, 0.25) is 0 Å². The number of phenolic OH excluding ortho intramolecular Hbond substituents is 1. The molecule has 0 fully saturated rings. The highest BCUT2D eigenvalue weighted by Crippen LogP contribution is 2.31. The van der Waals surface area contributed by atoms with Gasteiger partial charge in [-0.2, -0.15) is 5.10 Å². The molecule has 0 aliphatic carbocycles. The zero-order chi connectivity index (χ0) is 13.8. The van der Waals surface area contributed by atoms with E-state index in [9.17, 15) is 9.90 Å². The first-order valence-electron chi connectivity index (χ1n) is 5.13. The van der Waals surface area contributed by atoms with Gasteiger partial charge in [-0.3, -0.25) is 4.79 Å². The maximum atomic E-state index is 11.8. The minimum atomic E-state index is -0.526. The third kappa shape index (κ3) is 3.45. The molecule has 2 rings (SSSR count). The van der Waals surface area contributed by atoms with Crippen LogP contribution in [0, 0.1) is 0 Å². The molecule has 7 heteroatoms. The van der Waals surface area contributed by atoms with Crippen molar-refractivity contribution in [2.45, 2.75) is 0 Å². The van der Waals surface area contributed by atoms with Gasteiger partial charge in [0.25, 0.3) is 5.91 Å². The number of hydrazone groups is 1. The summed E-state index contributed by atoms with van der Waals surface area (Å²) in [7, 11) is 0. The second-order valence-corrected chi connectivity index (χ2v) is 5.27. The molecule has 5 nitrogen and oxygen atoms in total. The van der Waals surface area contributed by atoms with E-state index >= 15 is 0 Å². The van der Waals surface area contributed by atoms with Crippen molar-refractivity contribution in [1.82, 2.24) is 5.43 Å². The number of nitrogens with zero attached hydrogens (tertiary/aromatic N) is 1. The molecular weight excluding hydrogens is 380 g/mol. The van der Waals surface area contributed by atoms with E-state index in [0.29, 0.717) is 14.7 Å². The Morgan fingerprint density at radius 1 is 1.42 bits per heavy atom. The van der Waals surface area contributed by atoms with Crippen LogP contribution in [0.25, 0.3) is 0 Å². The maximum Gasteiger partial charge on any atom is 0.275 e. The van der Waals surface area contributed by atoms with Crippen LogP contribution in [0.2, 0.25) is 0 Å². The lowest BCUT2D eigenvalue weighted by Crippen LogP contribution is -2.17. The number of amides is 1. The minimum absolute atomic E-state index is 0.109. The molecule has 1 aromatic heterocycles. The second-order valence-electron chi connectivity index (χ2n) is 3.50. The molecule has 1 aromatic carbocycles. The lowest BCUT2D eigenvalue weighted by Gasteiger charge is -2.05. The highest BCUT2D eigenvalue weighted by Gasteiger charge is 2.14. The average molecular weight is 388 g/mol. The van der Waals surface area contributed by atoms with Crippen molar-refractivity contribution in [1.29, 1.82) is 0 Å². The molecule has 0 saturated carbocycles. The quantitative estimate of drug-likeness (QED) is 0.626. The van der Waals surface area contributed by atoms with Crippen molar-refractivity contribution in [3.63, 3.8) is 0 Å². The van der Waals surface area contributed by atoms with E-state index in [1.165, 1.54) is 18.5 Å². The van der Waals surface area contributed by atoms with Crippen LogP contribution in [0.3, 0.4) is 0 Å². The second kappa shape index (κ2) is 6.03. The maximum absolute atomic E-state index is 11.8. The third-order valence-electron chi connectivity index (χ3n) is 2.17. The van der Waals surface area contributed by atoms with Gasteiger partial charge in [0.15, 0.2) is 0 Å². The zero-order valence-electron chi connectivity index (χ0n) is 9.43. The molecule has 0 unspecified atom stereocenters. The van der Waals surface area contributed by atoms with E-state index in [1.807, 2.05) is 0 Å². The Morgan fingerprint density at radius 2 is 2.21 bits per heavy atom. The molecule has 0 spiro atoms. The van der Waals surface area contributed by atoms with Crippen molar-refractivity contribution in [3.8, 4) is 5.75 Å². The first-order valence-corrected chi connectivity index (χ1v) is 6.71. The van der Waals surface area contributed by atoms with Crippen LogP contribution >= 0.6 is 31.9 Å². The number of furan rings is 1. The number of phenols is 1. The minimum Gasteiger partial charge on any atom is -0.506 e. The summed E-state index contributed by atoms with van der Waals surface area (Å²) >= 11 is 6.39. The van der Waals surface area contributed by atoms with Gasteiger partial charge in [-0.1, -0.05) is 15.9 Å². The van der Waals surface area contributed by atoms with Crippen molar-refractivity contribution in [3.05, 3.63) is 50.8 Å². The van der Waals surface area contributed by atoms with Crippen molar-refractivity contribution in [2.24, 2.45) is 5.10 Å². The van der Waals surface area contributed by atoms with Crippen LogP contribution in [-0.4, -0.2) is 17.2 Å². The molecule has 0 aliphatic heterocycles. The average Bonchev–Trinajstić information content (AvgIpc) is 2.86. The first kappa shape index (κ1) is 13.8. The van der Waals surface area contributed by atoms with E-state index in [0.717, 1.165) is 0 Å². The molecule has 98 valence electrons. The summed E-state index contributed by atoms with van der Waals surface area (Å²) in [6.45, 7) is 0. The fraction of sp³-hybridized carbons (Fsp3) is 0. The summed E-state index contributed by atoms with van der Waals surface area (Å²) in [5.41, 5.74) is 2.41. The number of hydrogen-bond acceptors (Lipinski definition) is 4. The fourth-order valence-corrected chi connectivity index (χ4v) is 2.54. The topological polar surface area (TPSA) is 74.8 Å². The van der Waals surface area contributed by atoms with Crippen LogP contribution in [0.4, 0.5) is 0 Å². The summed E-state index contributed by atoms with van der Waals surface area (Å²) in [5, 5.41) is 13.5. The molecule has 0 aliphatic rings. The number of rotatable bonds is 3. The number of nitrogens with one attached hydrogen (secondary N) is 1. The van der Waals surface area contributed by atoms with Crippen LogP contribution in [0.5, 0.6) is 5.75 Å². The molecule has 19 heavy (non-hydrogen) atoms. The Kier molecular flexibility index (Phi) is 4.39. The van der Waals surface area contributed by atoms with E-state index in [2.05, 4.69) is 42.4 Å². The molecule has 2 aromatic rings. The zero-order valence-corrected chi connectivity index (χ0v) is 12.6. The van der Waals surface area contributed by atoms with E-state index < -0.39 is 5.91 Å². The van der Waals surface area contributed by atoms with Gasteiger partial charge in [0.05, 0.1) is 22.5 Å². The number of carbonyl (C=O) groups is 1. The Hall–Kier alpha value is -1.60. The number of hydrogen-bond donors (Lipinski definition) is 2. The SMILES string of the molecule is O=C(NN=Cc1ccco1)c1cc(Br)cc(Br)c1O. The Morgan fingerprint density at radius 3 is 2.89 bits per heavy atom. The van der Waals surface area contributed by atoms with Crippen molar-refractivity contribution in [2.75, 3.05) is 0 Å². The predicted molar refractivity (Wildman–Crippen MR) is 77.3 cm³/mol. The van der Waals surface area contributed by atoms with Gasteiger partial charge >= 0.3 is 0 Å². The third-order valence-corrected chi connectivity index (χ3v) is 3.24. The molecule has 1 heterocycles. The van der Waals surface area contributed by atoms with Crippen LogP contribution in [0.1, 0.15) is 16.1 Å². The Balaban J connectivity index is 2.12. The summed E-state index contributed by atoms with van der Waals surface area (Å²) < 4.78 is 6.10. The largest absolute Gasteiger partial charge is 0.506 e. The predicted octanol–water partition coefficient (Wildman–Crippen LogP) is 3.27. The number of aromatic hydroxyl groups is 1. The highest BCUT2D eigenvalue weighted by molar-refractivity contribution is 9.11. The molecule has 0 radical (unpaired) electrons. The van der Waals surface area contributed by atoms with Gasteiger partial charge in [-0.05, 0) is 40.2 Å². The number of benzene rings is 1. The molecule has 0 bridgehead atoms. The van der Waals surface area contributed by atoms with E-state index in [-0.39, 0.29) is 11.3 Å². The monoisotopic (exact) mass is 386 g/mol. The molecule has 1 amide bonds. The van der Waals surface area contributed by atoms with E-state index in [4.69, 9.17) is 4.42 Å². The summed E-state index contributed by atoms with van der Waals surface area (Å²) in [6.07, 6.45) is 2.86. The molecule has 2 N–H and O–H groups in total. The lowest BCUT2D eigenvalue weighted by molar-refractivity contribution is 0.0952. The molecule has 0 saturated heterocycles.